The van der Waals surface area contributed by atoms with Crippen molar-refractivity contribution in [1.29, 1.82) is 0 Å². The largest absolute Gasteiger partial charge is 0.312 e. The summed E-state index contributed by atoms with van der Waals surface area (Å²) >= 11 is 6.93. The highest BCUT2D eigenvalue weighted by atomic mass is 79.9. The van der Waals surface area contributed by atoms with Gasteiger partial charge in [0.15, 0.2) is 5.01 Å². The molecular formula is C13H18BrN3S2. The summed E-state index contributed by atoms with van der Waals surface area (Å²) in [5, 5.41) is 16.2. The van der Waals surface area contributed by atoms with Gasteiger partial charge in [0.2, 0.25) is 0 Å². The first-order chi connectivity index (χ1) is 8.96. The van der Waals surface area contributed by atoms with E-state index in [9.17, 15) is 0 Å². The van der Waals surface area contributed by atoms with Gasteiger partial charge >= 0.3 is 0 Å². The molecule has 0 aliphatic heterocycles. The van der Waals surface area contributed by atoms with Crippen LogP contribution < -0.4 is 5.32 Å². The average molecular weight is 360 g/mol. The molecule has 0 saturated carbocycles. The SMILES string of the molecule is CC(C)(C)NCCCc1nnc(-c2sccc2Br)s1. The molecule has 2 aromatic rings. The smallest absolute Gasteiger partial charge is 0.158 e. The number of nitrogens with zero attached hydrogens (tertiary/aromatic N) is 2. The first kappa shape index (κ1) is 15.1. The maximum atomic E-state index is 4.28. The Morgan fingerprint density at radius 1 is 1.32 bits per heavy atom. The first-order valence-electron chi connectivity index (χ1n) is 6.26. The third-order valence-electron chi connectivity index (χ3n) is 2.50. The Kier molecular flexibility index (Phi) is 5.11. The molecule has 0 spiro atoms. The second kappa shape index (κ2) is 6.43. The summed E-state index contributed by atoms with van der Waals surface area (Å²) in [5.41, 5.74) is 0.189. The molecular weight excluding hydrogens is 342 g/mol. The Morgan fingerprint density at radius 3 is 2.74 bits per heavy atom. The predicted octanol–water partition coefficient (Wildman–Crippen LogP) is 4.35. The lowest BCUT2D eigenvalue weighted by molar-refractivity contribution is 0.422. The molecule has 0 radical (unpaired) electrons. The van der Waals surface area contributed by atoms with E-state index >= 15 is 0 Å². The summed E-state index contributed by atoms with van der Waals surface area (Å²) in [4.78, 5) is 1.18. The summed E-state index contributed by atoms with van der Waals surface area (Å²) in [6.07, 6.45) is 2.08. The third kappa shape index (κ3) is 4.63. The Balaban J connectivity index is 1.87. The molecule has 0 aliphatic carbocycles. The van der Waals surface area contributed by atoms with E-state index in [-0.39, 0.29) is 5.54 Å². The number of halogens is 1. The molecule has 0 fully saturated rings. The van der Waals surface area contributed by atoms with Gasteiger partial charge in [0.05, 0.1) is 4.88 Å². The molecule has 0 atom stereocenters. The maximum Gasteiger partial charge on any atom is 0.158 e. The van der Waals surface area contributed by atoms with Crippen LogP contribution in [0, 0.1) is 0 Å². The van der Waals surface area contributed by atoms with Gasteiger partial charge in [-0.05, 0) is 61.1 Å². The molecule has 0 aromatic carbocycles. The van der Waals surface area contributed by atoms with Crippen molar-refractivity contribution >= 4 is 38.6 Å². The highest BCUT2D eigenvalue weighted by molar-refractivity contribution is 9.10. The fourth-order valence-electron chi connectivity index (χ4n) is 1.60. The lowest BCUT2D eigenvalue weighted by Gasteiger charge is -2.20. The Labute approximate surface area is 130 Å². The number of hydrogen-bond donors (Lipinski definition) is 1. The van der Waals surface area contributed by atoms with Crippen molar-refractivity contribution in [2.75, 3.05) is 6.54 Å². The molecule has 6 heteroatoms. The minimum atomic E-state index is 0.189. The van der Waals surface area contributed by atoms with E-state index in [1.54, 1.807) is 22.7 Å². The van der Waals surface area contributed by atoms with Crippen molar-refractivity contribution in [1.82, 2.24) is 15.5 Å². The number of nitrogens with one attached hydrogen (secondary N) is 1. The van der Waals surface area contributed by atoms with Crippen LogP contribution in [0.4, 0.5) is 0 Å². The molecule has 0 bridgehead atoms. The molecule has 0 amide bonds. The molecule has 0 aliphatic rings. The van der Waals surface area contributed by atoms with Gasteiger partial charge < -0.3 is 5.32 Å². The summed E-state index contributed by atoms with van der Waals surface area (Å²) in [6, 6.07) is 2.05. The molecule has 0 saturated heterocycles. The predicted molar refractivity (Wildman–Crippen MR) is 87.0 cm³/mol. The molecule has 2 heterocycles. The summed E-state index contributed by atoms with van der Waals surface area (Å²) < 4.78 is 1.11. The van der Waals surface area contributed by atoms with Crippen LogP contribution in [-0.2, 0) is 6.42 Å². The molecule has 1 N–H and O–H groups in total. The van der Waals surface area contributed by atoms with Crippen LogP contribution in [0.5, 0.6) is 0 Å². The number of aromatic nitrogens is 2. The zero-order chi connectivity index (χ0) is 13.9. The molecule has 0 unspecified atom stereocenters. The zero-order valence-electron chi connectivity index (χ0n) is 11.4. The van der Waals surface area contributed by atoms with E-state index < -0.39 is 0 Å². The summed E-state index contributed by atoms with van der Waals surface area (Å²) in [6.45, 7) is 7.57. The average Bonchev–Trinajstić information content (AvgIpc) is 2.91. The van der Waals surface area contributed by atoms with Gasteiger partial charge in [0.1, 0.15) is 5.01 Å². The first-order valence-corrected chi connectivity index (χ1v) is 8.75. The summed E-state index contributed by atoms with van der Waals surface area (Å²) in [7, 11) is 0. The van der Waals surface area contributed by atoms with Gasteiger partial charge in [-0.1, -0.05) is 11.3 Å². The quantitative estimate of drug-likeness (QED) is 0.806. The highest BCUT2D eigenvalue weighted by Crippen LogP contribution is 2.35. The topological polar surface area (TPSA) is 37.8 Å². The van der Waals surface area contributed by atoms with Gasteiger partial charge in [-0.25, -0.2) is 0 Å². The molecule has 3 nitrogen and oxygen atoms in total. The maximum absolute atomic E-state index is 4.28. The lowest BCUT2D eigenvalue weighted by Crippen LogP contribution is -2.36. The second-order valence-electron chi connectivity index (χ2n) is 5.38. The Bertz CT molecular complexity index is 528. The normalized spacial score (nSPS) is 12.0. The zero-order valence-corrected chi connectivity index (χ0v) is 14.6. The number of thiophene rings is 1. The fraction of sp³-hybridized carbons (Fsp3) is 0.538. The van der Waals surface area contributed by atoms with Crippen LogP contribution in [0.25, 0.3) is 9.88 Å². The van der Waals surface area contributed by atoms with E-state index in [2.05, 4.69) is 57.6 Å². The molecule has 2 rings (SSSR count). The van der Waals surface area contributed by atoms with Gasteiger partial charge in [-0.2, -0.15) is 0 Å². The van der Waals surface area contributed by atoms with Gasteiger partial charge in [-0.3, -0.25) is 0 Å². The molecule has 2 aromatic heterocycles. The van der Waals surface area contributed by atoms with Gasteiger partial charge in [-0.15, -0.1) is 21.5 Å². The van der Waals surface area contributed by atoms with Crippen LogP contribution in [0.2, 0.25) is 0 Å². The number of rotatable bonds is 5. The van der Waals surface area contributed by atoms with E-state index in [1.165, 1.54) is 4.88 Å². The van der Waals surface area contributed by atoms with Crippen molar-refractivity contribution < 1.29 is 0 Å². The highest BCUT2D eigenvalue weighted by Gasteiger charge is 2.12. The second-order valence-corrected chi connectivity index (χ2v) is 8.21. The van der Waals surface area contributed by atoms with Crippen molar-refractivity contribution in [2.45, 2.75) is 39.2 Å². The standard InChI is InChI=1S/C13H18BrN3S2/c1-13(2,3)15-7-4-5-10-16-17-12(19-10)11-9(14)6-8-18-11/h6,8,15H,4-5,7H2,1-3H3. The van der Waals surface area contributed by atoms with E-state index in [0.29, 0.717) is 0 Å². The van der Waals surface area contributed by atoms with Crippen molar-refractivity contribution in [2.24, 2.45) is 0 Å². The monoisotopic (exact) mass is 359 g/mol. The third-order valence-corrected chi connectivity index (χ3v) is 5.48. The van der Waals surface area contributed by atoms with E-state index in [1.807, 2.05) is 6.07 Å². The minimum absolute atomic E-state index is 0.189. The van der Waals surface area contributed by atoms with Gasteiger partial charge in [0.25, 0.3) is 0 Å². The van der Waals surface area contributed by atoms with Crippen molar-refractivity contribution in [3.63, 3.8) is 0 Å². The van der Waals surface area contributed by atoms with Crippen LogP contribution in [0.15, 0.2) is 15.9 Å². The van der Waals surface area contributed by atoms with E-state index in [4.69, 9.17) is 0 Å². The van der Waals surface area contributed by atoms with Crippen LogP contribution in [-0.4, -0.2) is 22.3 Å². The van der Waals surface area contributed by atoms with Crippen LogP contribution in [0.3, 0.4) is 0 Å². The minimum Gasteiger partial charge on any atom is -0.312 e. The molecule has 104 valence electrons. The lowest BCUT2D eigenvalue weighted by atomic mass is 10.1. The number of hydrogen-bond acceptors (Lipinski definition) is 5. The van der Waals surface area contributed by atoms with Crippen molar-refractivity contribution in [3.8, 4) is 9.88 Å². The fourth-order valence-corrected chi connectivity index (χ4v) is 4.27. The Morgan fingerprint density at radius 2 is 2.11 bits per heavy atom. The van der Waals surface area contributed by atoms with Crippen LogP contribution in [0.1, 0.15) is 32.2 Å². The number of aryl methyl sites for hydroxylation is 1. The van der Waals surface area contributed by atoms with Crippen molar-refractivity contribution in [3.05, 3.63) is 20.9 Å². The van der Waals surface area contributed by atoms with Gasteiger partial charge in [0, 0.05) is 16.4 Å². The molecule has 19 heavy (non-hydrogen) atoms. The summed E-state index contributed by atoms with van der Waals surface area (Å²) in [5.74, 6) is 0. The van der Waals surface area contributed by atoms with Crippen LogP contribution >= 0.6 is 38.6 Å². The van der Waals surface area contributed by atoms with E-state index in [0.717, 1.165) is 33.9 Å². The Hall–Kier alpha value is -0.300.